The van der Waals surface area contributed by atoms with Crippen molar-refractivity contribution in [3.63, 3.8) is 0 Å². The Labute approximate surface area is 108 Å². The van der Waals surface area contributed by atoms with Crippen molar-refractivity contribution >= 4 is 5.97 Å². The molecule has 0 aliphatic heterocycles. The number of unbranched alkanes of at least 4 members (excludes halogenated alkanes) is 3. The lowest BCUT2D eigenvalue weighted by atomic mass is 10.1. The summed E-state index contributed by atoms with van der Waals surface area (Å²) in [5, 5.41) is 17.6. The molecule has 0 bridgehead atoms. The van der Waals surface area contributed by atoms with Gasteiger partial charge in [-0.15, -0.1) is 0 Å². The molecule has 0 aliphatic carbocycles. The summed E-state index contributed by atoms with van der Waals surface area (Å²) in [7, 11) is 0. The van der Waals surface area contributed by atoms with Crippen LogP contribution in [0.3, 0.4) is 0 Å². The van der Waals surface area contributed by atoms with E-state index < -0.39 is 17.4 Å². The van der Waals surface area contributed by atoms with Crippen LogP contribution in [0.1, 0.15) is 59.8 Å². The molecule has 0 saturated carbocycles. The standard InChI is InChI=1S/C12H24O6/c1-5-6-7-8-9-12(17-14,18-15)10(13)16-11(2,3)4/h14-15H,5-9H2,1-4H3. The minimum Gasteiger partial charge on any atom is -0.456 e. The summed E-state index contributed by atoms with van der Waals surface area (Å²) in [6.07, 6.45) is 3.44. The van der Waals surface area contributed by atoms with Crippen LogP contribution in [0.5, 0.6) is 0 Å². The van der Waals surface area contributed by atoms with Crippen molar-refractivity contribution < 1.29 is 29.8 Å². The molecular formula is C12H24O6. The molecule has 6 nitrogen and oxygen atoms in total. The number of hydrogen-bond acceptors (Lipinski definition) is 6. The fourth-order valence-corrected chi connectivity index (χ4v) is 1.42. The van der Waals surface area contributed by atoms with Gasteiger partial charge in [-0.25, -0.2) is 15.3 Å². The van der Waals surface area contributed by atoms with Gasteiger partial charge in [0.15, 0.2) is 0 Å². The first kappa shape index (κ1) is 17.3. The van der Waals surface area contributed by atoms with Crippen LogP contribution < -0.4 is 0 Å². The zero-order chi connectivity index (χ0) is 14.2. The normalized spacial score (nSPS) is 12.6. The SMILES string of the molecule is CCCCCCC(OO)(OO)C(=O)OC(C)(C)C. The van der Waals surface area contributed by atoms with Gasteiger partial charge in [0.2, 0.25) is 0 Å². The highest BCUT2D eigenvalue weighted by molar-refractivity contribution is 5.78. The Morgan fingerprint density at radius 3 is 2.00 bits per heavy atom. The fraction of sp³-hybridized carbons (Fsp3) is 0.917. The zero-order valence-corrected chi connectivity index (χ0v) is 11.6. The number of carbonyl (C=O) groups is 1. The van der Waals surface area contributed by atoms with E-state index in [1.54, 1.807) is 20.8 Å². The van der Waals surface area contributed by atoms with Crippen molar-refractivity contribution in [2.24, 2.45) is 0 Å². The third kappa shape index (κ3) is 5.77. The van der Waals surface area contributed by atoms with Crippen LogP contribution in [-0.2, 0) is 19.3 Å². The van der Waals surface area contributed by atoms with Crippen molar-refractivity contribution in [2.75, 3.05) is 0 Å². The molecule has 0 amide bonds. The van der Waals surface area contributed by atoms with Crippen LogP contribution in [0.15, 0.2) is 0 Å². The van der Waals surface area contributed by atoms with Gasteiger partial charge in [0.25, 0.3) is 0 Å². The van der Waals surface area contributed by atoms with E-state index in [2.05, 4.69) is 9.78 Å². The molecule has 0 rings (SSSR count). The molecule has 0 fully saturated rings. The van der Waals surface area contributed by atoms with Crippen LogP contribution in [0, 0.1) is 0 Å². The highest BCUT2D eigenvalue weighted by Crippen LogP contribution is 2.24. The third-order valence-electron chi connectivity index (χ3n) is 2.36. The number of hydrogen-bond donors (Lipinski definition) is 2. The number of ether oxygens (including phenoxy) is 1. The molecule has 0 aliphatic rings. The van der Waals surface area contributed by atoms with E-state index in [4.69, 9.17) is 15.3 Å². The summed E-state index contributed by atoms with van der Waals surface area (Å²) in [5.74, 6) is -3.10. The first-order valence-electron chi connectivity index (χ1n) is 6.20. The quantitative estimate of drug-likeness (QED) is 0.230. The van der Waals surface area contributed by atoms with Gasteiger partial charge in [-0.1, -0.05) is 26.2 Å². The molecule has 0 spiro atoms. The molecule has 0 atom stereocenters. The van der Waals surface area contributed by atoms with E-state index in [0.29, 0.717) is 6.42 Å². The summed E-state index contributed by atoms with van der Waals surface area (Å²) >= 11 is 0. The molecule has 0 unspecified atom stereocenters. The lowest BCUT2D eigenvalue weighted by Crippen LogP contribution is -2.47. The lowest BCUT2D eigenvalue weighted by Gasteiger charge is -2.28. The van der Waals surface area contributed by atoms with Crippen LogP contribution in [0.2, 0.25) is 0 Å². The molecule has 6 heteroatoms. The predicted octanol–water partition coefficient (Wildman–Crippen LogP) is 2.97. The van der Waals surface area contributed by atoms with Gasteiger partial charge < -0.3 is 4.74 Å². The van der Waals surface area contributed by atoms with E-state index in [0.717, 1.165) is 19.3 Å². The topological polar surface area (TPSA) is 85.2 Å². The highest BCUT2D eigenvalue weighted by Gasteiger charge is 2.45. The summed E-state index contributed by atoms with van der Waals surface area (Å²) in [4.78, 5) is 19.9. The minimum atomic E-state index is -2.15. The van der Waals surface area contributed by atoms with Gasteiger partial charge in [-0.2, -0.15) is 9.78 Å². The van der Waals surface area contributed by atoms with E-state index >= 15 is 0 Å². The van der Waals surface area contributed by atoms with Crippen LogP contribution in [-0.4, -0.2) is 27.9 Å². The van der Waals surface area contributed by atoms with Gasteiger partial charge >= 0.3 is 11.8 Å². The largest absolute Gasteiger partial charge is 0.456 e. The van der Waals surface area contributed by atoms with Gasteiger partial charge in [-0.3, -0.25) is 0 Å². The first-order valence-corrected chi connectivity index (χ1v) is 6.20. The molecule has 2 N–H and O–H groups in total. The Hall–Kier alpha value is -0.690. The first-order chi connectivity index (χ1) is 8.31. The maximum absolute atomic E-state index is 11.8. The predicted molar refractivity (Wildman–Crippen MR) is 64.8 cm³/mol. The minimum absolute atomic E-state index is 0.0227. The molecule has 108 valence electrons. The van der Waals surface area contributed by atoms with Crippen LogP contribution >= 0.6 is 0 Å². The second-order valence-electron chi connectivity index (χ2n) is 5.25. The second kappa shape index (κ2) is 7.68. The summed E-state index contributed by atoms with van der Waals surface area (Å²) < 4.78 is 5.03. The smallest absolute Gasteiger partial charge is 0.373 e. The lowest BCUT2D eigenvalue weighted by molar-refractivity contribution is -0.473. The molecular weight excluding hydrogens is 240 g/mol. The number of esters is 1. The second-order valence-corrected chi connectivity index (χ2v) is 5.25. The van der Waals surface area contributed by atoms with E-state index in [1.807, 2.05) is 6.92 Å². The average Bonchev–Trinajstić information content (AvgIpc) is 2.27. The zero-order valence-electron chi connectivity index (χ0n) is 11.6. The Morgan fingerprint density at radius 2 is 1.61 bits per heavy atom. The van der Waals surface area contributed by atoms with Gasteiger partial charge in [0, 0.05) is 6.42 Å². The van der Waals surface area contributed by atoms with E-state index in [-0.39, 0.29) is 6.42 Å². The van der Waals surface area contributed by atoms with Gasteiger partial charge in [0.05, 0.1) is 0 Å². The Bertz CT molecular complexity index is 241. The highest BCUT2D eigenvalue weighted by atomic mass is 17.2. The molecule has 0 saturated heterocycles. The molecule has 0 heterocycles. The Morgan fingerprint density at radius 1 is 1.06 bits per heavy atom. The van der Waals surface area contributed by atoms with Crippen molar-refractivity contribution in [1.29, 1.82) is 0 Å². The van der Waals surface area contributed by atoms with Crippen LogP contribution in [0.4, 0.5) is 0 Å². The van der Waals surface area contributed by atoms with Crippen LogP contribution in [0.25, 0.3) is 0 Å². The number of carbonyl (C=O) groups excluding carboxylic acids is 1. The molecule has 18 heavy (non-hydrogen) atoms. The molecule has 0 aromatic heterocycles. The molecule has 0 radical (unpaired) electrons. The van der Waals surface area contributed by atoms with Gasteiger partial charge in [0.1, 0.15) is 5.60 Å². The number of rotatable bonds is 8. The van der Waals surface area contributed by atoms with E-state index in [9.17, 15) is 4.79 Å². The van der Waals surface area contributed by atoms with Crippen molar-refractivity contribution in [2.45, 2.75) is 71.2 Å². The van der Waals surface area contributed by atoms with E-state index in [1.165, 1.54) is 0 Å². The summed E-state index contributed by atoms with van der Waals surface area (Å²) in [6.45, 7) is 7.05. The molecule has 0 aromatic rings. The molecule has 0 aromatic carbocycles. The Balaban J connectivity index is 4.54. The Kier molecular flexibility index (Phi) is 7.39. The van der Waals surface area contributed by atoms with Crippen molar-refractivity contribution in [3.8, 4) is 0 Å². The van der Waals surface area contributed by atoms with Crippen molar-refractivity contribution in [1.82, 2.24) is 0 Å². The average molecular weight is 264 g/mol. The fourth-order valence-electron chi connectivity index (χ4n) is 1.42. The summed E-state index contributed by atoms with van der Waals surface area (Å²) in [6, 6.07) is 0. The maximum atomic E-state index is 11.8. The third-order valence-corrected chi connectivity index (χ3v) is 2.36. The van der Waals surface area contributed by atoms with Gasteiger partial charge in [-0.05, 0) is 27.2 Å². The monoisotopic (exact) mass is 264 g/mol. The maximum Gasteiger partial charge on any atom is 0.373 e. The summed E-state index contributed by atoms with van der Waals surface area (Å²) in [5.41, 5.74) is -0.761. The van der Waals surface area contributed by atoms with Crippen molar-refractivity contribution in [3.05, 3.63) is 0 Å².